The second-order valence-electron chi connectivity index (χ2n) is 5.50. The van der Waals surface area contributed by atoms with Crippen LogP contribution >= 0.6 is 0 Å². The molecule has 4 heteroatoms. The lowest BCUT2D eigenvalue weighted by Gasteiger charge is -2.24. The Labute approximate surface area is 137 Å². The Bertz CT molecular complexity index is 611. The van der Waals surface area contributed by atoms with Crippen LogP contribution in [-0.2, 0) is 17.8 Å². The van der Waals surface area contributed by atoms with Crippen molar-refractivity contribution in [3.05, 3.63) is 65.7 Å². The molecule has 1 unspecified atom stereocenters. The summed E-state index contributed by atoms with van der Waals surface area (Å²) in [6.45, 7) is 3.16. The maximum Gasteiger partial charge on any atom is 0.240 e. The Morgan fingerprint density at radius 3 is 2.30 bits per heavy atom. The molecule has 2 aromatic rings. The molecule has 0 heterocycles. The van der Waals surface area contributed by atoms with Crippen molar-refractivity contribution >= 4 is 5.91 Å². The van der Waals surface area contributed by atoms with Gasteiger partial charge in [0.25, 0.3) is 0 Å². The number of amides is 1. The number of hydrogen-bond acceptors (Lipinski definition) is 3. The van der Waals surface area contributed by atoms with Gasteiger partial charge in [0.1, 0.15) is 5.75 Å². The normalized spacial score (nSPS) is 11.8. The van der Waals surface area contributed by atoms with E-state index in [-0.39, 0.29) is 5.91 Å². The number of ether oxygens (including phenoxy) is 1. The van der Waals surface area contributed by atoms with Gasteiger partial charge in [0.05, 0.1) is 13.2 Å². The first-order valence-electron chi connectivity index (χ1n) is 7.85. The summed E-state index contributed by atoms with van der Waals surface area (Å²) in [5, 5.41) is 0. The van der Waals surface area contributed by atoms with Gasteiger partial charge in [-0.25, -0.2) is 0 Å². The maximum atomic E-state index is 12.6. The molecule has 1 amide bonds. The fourth-order valence-electron chi connectivity index (χ4n) is 2.49. The zero-order chi connectivity index (χ0) is 16.7. The van der Waals surface area contributed by atoms with Crippen LogP contribution in [0.1, 0.15) is 18.1 Å². The van der Waals surface area contributed by atoms with Gasteiger partial charge in [-0.2, -0.15) is 0 Å². The molecule has 0 saturated heterocycles. The molecule has 0 spiro atoms. The maximum absolute atomic E-state index is 12.6. The van der Waals surface area contributed by atoms with Gasteiger partial charge in [-0.05, 0) is 36.6 Å². The van der Waals surface area contributed by atoms with Crippen molar-refractivity contribution in [2.75, 3.05) is 13.7 Å². The topological polar surface area (TPSA) is 55.6 Å². The van der Waals surface area contributed by atoms with Gasteiger partial charge in [-0.3, -0.25) is 4.79 Å². The Kier molecular flexibility index (Phi) is 6.18. The number of benzene rings is 2. The Morgan fingerprint density at radius 1 is 1.09 bits per heavy atom. The number of carbonyl (C=O) groups is 1. The molecule has 0 aliphatic heterocycles. The van der Waals surface area contributed by atoms with Gasteiger partial charge in [-0.1, -0.05) is 42.5 Å². The number of nitrogens with zero attached hydrogens (tertiary/aromatic N) is 1. The lowest BCUT2D eigenvalue weighted by atomic mass is 10.1. The Morgan fingerprint density at radius 2 is 1.74 bits per heavy atom. The van der Waals surface area contributed by atoms with E-state index in [0.717, 1.165) is 16.9 Å². The van der Waals surface area contributed by atoms with Crippen LogP contribution in [0.15, 0.2) is 54.6 Å². The molecular formula is C19H24N2O2. The SMILES string of the molecule is CCN(Cc1ccc(OC)cc1)C(=O)C(N)Cc1ccccc1. The second-order valence-corrected chi connectivity index (χ2v) is 5.50. The van der Waals surface area contributed by atoms with E-state index in [4.69, 9.17) is 10.5 Å². The summed E-state index contributed by atoms with van der Waals surface area (Å²) < 4.78 is 5.15. The van der Waals surface area contributed by atoms with Crippen molar-refractivity contribution < 1.29 is 9.53 Å². The monoisotopic (exact) mass is 312 g/mol. The first-order valence-corrected chi connectivity index (χ1v) is 7.85. The molecule has 4 nitrogen and oxygen atoms in total. The first kappa shape index (κ1) is 17.0. The van der Waals surface area contributed by atoms with Crippen LogP contribution in [0.4, 0.5) is 0 Å². The number of rotatable bonds is 7. The highest BCUT2D eigenvalue weighted by Gasteiger charge is 2.20. The van der Waals surface area contributed by atoms with Gasteiger partial charge in [0.2, 0.25) is 5.91 Å². The standard InChI is InChI=1S/C19H24N2O2/c1-3-21(14-16-9-11-17(23-2)12-10-16)19(22)18(20)13-15-7-5-4-6-8-15/h4-12,18H,3,13-14,20H2,1-2H3. The van der Waals surface area contributed by atoms with E-state index in [1.807, 2.05) is 61.5 Å². The third-order valence-electron chi connectivity index (χ3n) is 3.84. The Hall–Kier alpha value is -2.33. The van der Waals surface area contributed by atoms with E-state index in [2.05, 4.69) is 0 Å². The zero-order valence-electron chi connectivity index (χ0n) is 13.7. The summed E-state index contributed by atoms with van der Waals surface area (Å²) in [6.07, 6.45) is 0.554. The van der Waals surface area contributed by atoms with Crippen molar-refractivity contribution in [2.24, 2.45) is 5.73 Å². The van der Waals surface area contributed by atoms with Crippen LogP contribution in [-0.4, -0.2) is 30.5 Å². The van der Waals surface area contributed by atoms with Crippen molar-refractivity contribution in [3.8, 4) is 5.75 Å². The molecule has 0 saturated carbocycles. The minimum atomic E-state index is -0.518. The van der Waals surface area contributed by atoms with E-state index in [1.165, 1.54) is 0 Å². The molecule has 0 fully saturated rings. The van der Waals surface area contributed by atoms with E-state index in [0.29, 0.717) is 19.5 Å². The van der Waals surface area contributed by atoms with Crippen LogP contribution in [0.2, 0.25) is 0 Å². The number of methoxy groups -OCH3 is 1. The van der Waals surface area contributed by atoms with Gasteiger partial charge in [0, 0.05) is 13.1 Å². The quantitative estimate of drug-likeness (QED) is 0.855. The predicted octanol–water partition coefficient (Wildman–Crippen LogP) is 2.61. The van der Waals surface area contributed by atoms with Crippen molar-refractivity contribution in [1.82, 2.24) is 4.90 Å². The third kappa shape index (κ3) is 4.83. The molecule has 2 rings (SSSR count). The molecule has 2 aromatic carbocycles. The molecule has 0 bridgehead atoms. The largest absolute Gasteiger partial charge is 0.497 e. The van der Waals surface area contributed by atoms with Gasteiger partial charge >= 0.3 is 0 Å². The second kappa shape index (κ2) is 8.34. The van der Waals surface area contributed by atoms with E-state index < -0.39 is 6.04 Å². The van der Waals surface area contributed by atoms with Gasteiger partial charge < -0.3 is 15.4 Å². The number of nitrogens with two attached hydrogens (primary N) is 1. The lowest BCUT2D eigenvalue weighted by molar-refractivity contribution is -0.133. The van der Waals surface area contributed by atoms with E-state index >= 15 is 0 Å². The first-order chi connectivity index (χ1) is 11.1. The zero-order valence-corrected chi connectivity index (χ0v) is 13.7. The molecule has 0 aliphatic rings. The molecule has 122 valence electrons. The molecule has 0 aromatic heterocycles. The minimum absolute atomic E-state index is 0.0211. The average Bonchev–Trinajstić information content (AvgIpc) is 2.60. The van der Waals surface area contributed by atoms with Crippen LogP contribution in [0, 0.1) is 0 Å². The molecular weight excluding hydrogens is 288 g/mol. The number of hydrogen-bond donors (Lipinski definition) is 1. The smallest absolute Gasteiger partial charge is 0.240 e. The third-order valence-corrected chi connectivity index (χ3v) is 3.84. The lowest BCUT2D eigenvalue weighted by Crippen LogP contribution is -2.44. The average molecular weight is 312 g/mol. The predicted molar refractivity (Wildman–Crippen MR) is 92.2 cm³/mol. The van der Waals surface area contributed by atoms with Crippen molar-refractivity contribution in [1.29, 1.82) is 0 Å². The van der Waals surface area contributed by atoms with Gasteiger partial charge in [-0.15, -0.1) is 0 Å². The van der Waals surface area contributed by atoms with Crippen LogP contribution in [0.25, 0.3) is 0 Å². The van der Waals surface area contributed by atoms with Crippen LogP contribution < -0.4 is 10.5 Å². The van der Waals surface area contributed by atoms with Crippen LogP contribution in [0.5, 0.6) is 5.75 Å². The molecule has 0 radical (unpaired) electrons. The van der Waals surface area contributed by atoms with Crippen molar-refractivity contribution in [2.45, 2.75) is 25.9 Å². The molecule has 2 N–H and O–H groups in total. The number of likely N-dealkylation sites (N-methyl/N-ethyl adjacent to an activating group) is 1. The fraction of sp³-hybridized carbons (Fsp3) is 0.316. The summed E-state index contributed by atoms with van der Waals surface area (Å²) >= 11 is 0. The highest BCUT2D eigenvalue weighted by Crippen LogP contribution is 2.14. The fourth-order valence-corrected chi connectivity index (χ4v) is 2.49. The minimum Gasteiger partial charge on any atom is -0.497 e. The van der Waals surface area contributed by atoms with Crippen LogP contribution in [0.3, 0.4) is 0 Å². The molecule has 0 aliphatic carbocycles. The summed E-state index contributed by atoms with van der Waals surface area (Å²) in [5.74, 6) is 0.788. The van der Waals surface area contributed by atoms with Gasteiger partial charge in [0.15, 0.2) is 0 Å². The summed E-state index contributed by atoms with van der Waals surface area (Å²) in [6, 6.07) is 17.1. The summed E-state index contributed by atoms with van der Waals surface area (Å²) in [5.41, 5.74) is 8.25. The summed E-state index contributed by atoms with van der Waals surface area (Å²) in [4.78, 5) is 14.4. The van der Waals surface area contributed by atoms with E-state index in [1.54, 1.807) is 12.0 Å². The highest BCUT2D eigenvalue weighted by molar-refractivity contribution is 5.82. The number of carbonyl (C=O) groups excluding carboxylic acids is 1. The highest BCUT2D eigenvalue weighted by atomic mass is 16.5. The summed E-state index contributed by atoms with van der Waals surface area (Å²) in [7, 11) is 1.64. The Balaban J connectivity index is 1.99. The molecule has 1 atom stereocenters. The van der Waals surface area contributed by atoms with Crippen molar-refractivity contribution in [3.63, 3.8) is 0 Å². The molecule has 23 heavy (non-hydrogen) atoms. The van der Waals surface area contributed by atoms with E-state index in [9.17, 15) is 4.79 Å².